The Kier molecular flexibility index (Phi) is 4.93. The quantitative estimate of drug-likeness (QED) is 0.840. The van der Waals surface area contributed by atoms with E-state index in [2.05, 4.69) is 58.4 Å². The van der Waals surface area contributed by atoms with Gasteiger partial charge in [-0.15, -0.1) is 11.3 Å². The standard InChI is InChI=1S/C14H18BrN3S/c1-4-7-16-14-11(15)12(9(2)3)17-13(18-14)10-6-5-8-19-10/h5-6,8-9H,4,7H2,1-3H3,(H,16,17,18). The van der Waals surface area contributed by atoms with Crippen LogP contribution in [0.25, 0.3) is 10.7 Å². The first-order valence-corrected chi connectivity index (χ1v) is 8.16. The van der Waals surface area contributed by atoms with Crippen LogP contribution in [0.2, 0.25) is 0 Å². The van der Waals surface area contributed by atoms with Crippen LogP contribution >= 0.6 is 27.3 Å². The summed E-state index contributed by atoms with van der Waals surface area (Å²) >= 11 is 5.29. The molecule has 2 aromatic rings. The Morgan fingerprint density at radius 3 is 2.74 bits per heavy atom. The van der Waals surface area contributed by atoms with Crippen molar-refractivity contribution in [3.8, 4) is 10.7 Å². The predicted octanol–water partition coefficient (Wildman–Crippen LogP) is 4.91. The zero-order valence-corrected chi connectivity index (χ0v) is 13.8. The van der Waals surface area contributed by atoms with Crippen molar-refractivity contribution in [3.05, 3.63) is 27.7 Å². The molecule has 0 radical (unpaired) electrons. The highest BCUT2D eigenvalue weighted by molar-refractivity contribution is 9.10. The molecule has 0 unspecified atom stereocenters. The Bertz CT molecular complexity index is 538. The number of halogens is 1. The number of aromatic nitrogens is 2. The van der Waals surface area contributed by atoms with E-state index in [1.807, 2.05) is 6.07 Å². The zero-order chi connectivity index (χ0) is 13.8. The molecule has 0 spiro atoms. The van der Waals surface area contributed by atoms with Gasteiger partial charge in [-0.2, -0.15) is 0 Å². The average molecular weight is 340 g/mol. The van der Waals surface area contributed by atoms with E-state index in [4.69, 9.17) is 4.98 Å². The molecule has 0 saturated carbocycles. The largest absolute Gasteiger partial charge is 0.369 e. The van der Waals surface area contributed by atoms with Gasteiger partial charge in [0.2, 0.25) is 0 Å². The first kappa shape index (κ1) is 14.5. The molecular weight excluding hydrogens is 322 g/mol. The molecule has 1 N–H and O–H groups in total. The summed E-state index contributed by atoms with van der Waals surface area (Å²) in [6.45, 7) is 7.35. The molecular formula is C14H18BrN3S. The van der Waals surface area contributed by atoms with Crippen LogP contribution < -0.4 is 5.32 Å². The fourth-order valence-corrected chi connectivity index (χ4v) is 3.16. The summed E-state index contributed by atoms with van der Waals surface area (Å²) in [4.78, 5) is 10.4. The Morgan fingerprint density at radius 1 is 1.37 bits per heavy atom. The van der Waals surface area contributed by atoms with Gasteiger partial charge in [0.1, 0.15) is 5.82 Å². The van der Waals surface area contributed by atoms with Gasteiger partial charge >= 0.3 is 0 Å². The van der Waals surface area contributed by atoms with Crippen LogP contribution in [-0.2, 0) is 0 Å². The summed E-state index contributed by atoms with van der Waals surface area (Å²) in [6.07, 6.45) is 1.07. The smallest absolute Gasteiger partial charge is 0.171 e. The van der Waals surface area contributed by atoms with Crippen molar-refractivity contribution < 1.29 is 0 Å². The maximum absolute atomic E-state index is 4.70. The van der Waals surface area contributed by atoms with Crippen molar-refractivity contribution >= 4 is 33.1 Å². The molecule has 0 aromatic carbocycles. The molecule has 2 aromatic heterocycles. The normalized spacial score (nSPS) is 11.0. The average Bonchev–Trinajstić information content (AvgIpc) is 2.91. The number of hydrogen-bond acceptors (Lipinski definition) is 4. The van der Waals surface area contributed by atoms with Gasteiger partial charge in [0.05, 0.1) is 15.0 Å². The van der Waals surface area contributed by atoms with Crippen molar-refractivity contribution in [1.29, 1.82) is 0 Å². The highest BCUT2D eigenvalue weighted by Gasteiger charge is 2.15. The van der Waals surface area contributed by atoms with E-state index in [0.717, 1.165) is 39.7 Å². The third-order valence-corrected chi connectivity index (χ3v) is 4.36. The lowest BCUT2D eigenvalue weighted by molar-refractivity contribution is 0.808. The van der Waals surface area contributed by atoms with Crippen LogP contribution in [0, 0.1) is 0 Å². The van der Waals surface area contributed by atoms with Crippen molar-refractivity contribution in [2.45, 2.75) is 33.1 Å². The van der Waals surface area contributed by atoms with E-state index in [1.165, 1.54) is 0 Å². The van der Waals surface area contributed by atoms with E-state index in [9.17, 15) is 0 Å². The summed E-state index contributed by atoms with van der Waals surface area (Å²) < 4.78 is 0.983. The number of hydrogen-bond donors (Lipinski definition) is 1. The second kappa shape index (κ2) is 6.48. The van der Waals surface area contributed by atoms with Crippen molar-refractivity contribution in [3.63, 3.8) is 0 Å². The van der Waals surface area contributed by atoms with E-state index < -0.39 is 0 Å². The van der Waals surface area contributed by atoms with Gasteiger partial charge in [0.15, 0.2) is 5.82 Å². The molecule has 2 heterocycles. The fourth-order valence-electron chi connectivity index (χ4n) is 1.72. The highest BCUT2D eigenvalue weighted by atomic mass is 79.9. The van der Waals surface area contributed by atoms with Crippen LogP contribution in [0.15, 0.2) is 22.0 Å². The molecule has 3 nitrogen and oxygen atoms in total. The Morgan fingerprint density at radius 2 is 2.16 bits per heavy atom. The summed E-state index contributed by atoms with van der Waals surface area (Å²) in [7, 11) is 0. The Balaban J connectivity index is 2.47. The van der Waals surface area contributed by atoms with Gasteiger partial charge in [-0.05, 0) is 39.7 Å². The fraction of sp³-hybridized carbons (Fsp3) is 0.429. The molecule has 0 aliphatic rings. The summed E-state index contributed by atoms with van der Waals surface area (Å²) in [6, 6.07) is 4.08. The molecule has 2 rings (SSSR count). The molecule has 0 atom stereocenters. The van der Waals surface area contributed by atoms with Crippen molar-refractivity contribution in [2.24, 2.45) is 0 Å². The molecule has 0 aliphatic carbocycles. The molecule has 0 amide bonds. The molecule has 19 heavy (non-hydrogen) atoms. The molecule has 0 bridgehead atoms. The molecule has 0 fully saturated rings. The second-order valence-corrected chi connectivity index (χ2v) is 6.39. The van der Waals surface area contributed by atoms with E-state index in [-0.39, 0.29) is 0 Å². The molecule has 5 heteroatoms. The van der Waals surface area contributed by atoms with Crippen LogP contribution in [0.1, 0.15) is 38.8 Å². The van der Waals surface area contributed by atoms with Crippen LogP contribution in [-0.4, -0.2) is 16.5 Å². The van der Waals surface area contributed by atoms with Gasteiger partial charge in [-0.25, -0.2) is 9.97 Å². The summed E-state index contributed by atoms with van der Waals surface area (Å²) in [5.74, 6) is 2.06. The SMILES string of the molecule is CCCNc1nc(-c2cccs2)nc(C(C)C)c1Br. The lowest BCUT2D eigenvalue weighted by Gasteiger charge is -2.14. The number of thiophene rings is 1. The monoisotopic (exact) mass is 339 g/mol. The number of rotatable bonds is 5. The van der Waals surface area contributed by atoms with Crippen LogP contribution in [0.3, 0.4) is 0 Å². The van der Waals surface area contributed by atoms with Crippen molar-refractivity contribution in [1.82, 2.24) is 9.97 Å². The molecule has 0 aliphatic heterocycles. The maximum atomic E-state index is 4.70. The third kappa shape index (κ3) is 3.34. The lowest BCUT2D eigenvalue weighted by atomic mass is 10.1. The Labute approximate surface area is 126 Å². The van der Waals surface area contributed by atoms with E-state index >= 15 is 0 Å². The van der Waals surface area contributed by atoms with Gasteiger partial charge in [-0.3, -0.25) is 0 Å². The Hall–Kier alpha value is -0.940. The van der Waals surface area contributed by atoms with E-state index in [1.54, 1.807) is 11.3 Å². The number of nitrogens with one attached hydrogen (secondary N) is 1. The minimum atomic E-state index is 0.360. The van der Waals surface area contributed by atoms with Gasteiger partial charge in [-0.1, -0.05) is 26.8 Å². The van der Waals surface area contributed by atoms with Crippen LogP contribution in [0.4, 0.5) is 5.82 Å². The lowest BCUT2D eigenvalue weighted by Crippen LogP contribution is -2.08. The van der Waals surface area contributed by atoms with Gasteiger partial charge < -0.3 is 5.32 Å². The summed E-state index contributed by atoms with van der Waals surface area (Å²) in [5, 5.41) is 5.42. The number of anilines is 1. The summed E-state index contributed by atoms with van der Waals surface area (Å²) in [5.41, 5.74) is 1.05. The van der Waals surface area contributed by atoms with Crippen LogP contribution in [0.5, 0.6) is 0 Å². The third-order valence-electron chi connectivity index (χ3n) is 2.71. The highest BCUT2D eigenvalue weighted by Crippen LogP contribution is 2.32. The molecule has 0 saturated heterocycles. The minimum Gasteiger partial charge on any atom is -0.369 e. The predicted molar refractivity (Wildman–Crippen MR) is 85.9 cm³/mol. The van der Waals surface area contributed by atoms with E-state index in [0.29, 0.717) is 5.92 Å². The zero-order valence-electron chi connectivity index (χ0n) is 11.4. The topological polar surface area (TPSA) is 37.8 Å². The second-order valence-electron chi connectivity index (χ2n) is 4.65. The van der Waals surface area contributed by atoms with Gasteiger partial charge in [0, 0.05) is 6.54 Å². The maximum Gasteiger partial charge on any atom is 0.171 e. The van der Waals surface area contributed by atoms with Crippen molar-refractivity contribution in [2.75, 3.05) is 11.9 Å². The number of nitrogens with zero attached hydrogens (tertiary/aromatic N) is 2. The molecule has 102 valence electrons. The minimum absolute atomic E-state index is 0.360. The van der Waals surface area contributed by atoms with Gasteiger partial charge in [0.25, 0.3) is 0 Å². The first-order valence-electron chi connectivity index (χ1n) is 6.48. The first-order chi connectivity index (χ1) is 9.13.